The number of nitrogens with one attached hydrogen (secondary N) is 2. The Kier molecular flexibility index (Phi) is 4.33. The van der Waals surface area contributed by atoms with Crippen LogP contribution < -0.4 is 10.7 Å². The summed E-state index contributed by atoms with van der Waals surface area (Å²) in [4.78, 5) is 10.6. The van der Waals surface area contributed by atoms with Crippen LogP contribution in [0.3, 0.4) is 0 Å². The summed E-state index contributed by atoms with van der Waals surface area (Å²) in [6.07, 6.45) is 2.55. The maximum absolute atomic E-state index is 10.6. The third-order valence-corrected chi connectivity index (χ3v) is 1.19. The van der Waals surface area contributed by atoms with Crippen molar-refractivity contribution in [3.05, 3.63) is 0 Å². The Hall–Kier alpha value is -1.06. The minimum atomic E-state index is -0.292. The zero-order valence-electron chi connectivity index (χ0n) is 8.14. The molecule has 4 nitrogen and oxygen atoms in total. The lowest BCUT2D eigenvalue weighted by Crippen LogP contribution is -2.28. The van der Waals surface area contributed by atoms with Gasteiger partial charge in [-0.15, -0.1) is 0 Å². The van der Waals surface area contributed by atoms with Crippen LogP contribution in [0.5, 0.6) is 0 Å². The van der Waals surface area contributed by atoms with Crippen LogP contribution in [0.15, 0.2) is 5.10 Å². The predicted octanol–water partition coefficient (Wildman–Crippen LogP) is 1.34. The molecule has 0 aliphatic rings. The van der Waals surface area contributed by atoms with Crippen LogP contribution in [0.1, 0.15) is 27.2 Å². The molecule has 0 aromatic heterocycles. The summed E-state index contributed by atoms with van der Waals surface area (Å²) >= 11 is 0. The lowest BCUT2D eigenvalue weighted by molar-refractivity contribution is 0.243. The zero-order valence-corrected chi connectivity index (χ0v) is 8.14. The van der Waals surface area contributed by atoms with E-state index in [2.05, 4.69) is 36.6 Å². The zero-order chi connectivity index (χ0) is 9.61. The minimum Gasteiger partial charge on any atom is -0.340 e. The first kappa shape index (κ1) is 10.9. The second kappa shape index (κ2) is 4.74. The van der Waals surface area contributed by atoms with E-state index in [4.69, 9.17) is 0 Å². The third kappa shape index (κ3) is 7.05. The number of amides is 2. The van der Waals surface area contributed by atoms with Gasteiger partial charge in [-0.2, -0.15) is 5.10 Å². The normalized spacial score (nSPS) is 11.7. The van der Waals surface area contributed by atoms with Crippen molar-refractivity contribution < 1.29 is 4.79 Å². The van der Waals surface area contributed by atoms with Crippen molar-refractivity contribution in [1.82, 2.24) is 10.7 Å². The molecule has 0 radical (unpaired) electrons. The highest BCUT2D eigenvalue weighted by Gasteiger charge is 2.06. The first-order valence-corrected chi connectivity index (χ1v) is 3.95. The molecule has 0 aromatic carbocycles. The van der Waals surface area contributed by atoms with Crippen molar-refractivity contribution >= 4 is 12.2 Å². The number of hydrogen-bond donors (Lipinski definition) is 2. The van der Waals surface area contributed by atoms with E-state index >= 15 is 0 Å². The van der Waals surface area contributed by atoms with Gasteiger partial charge in [0.25, 0.3) is 0 Å². The van der Waals surface area contributed by atoms with E-state index in [9.17, 15) is 4.79 Å². The molecular formula is C8H17N3O. The van der Waals surface area contributed by atoms with Gasteiger partial charge in [0.1, 0.15) is 0 Å². The average molecular weight is 171 g/mol. The fraction of sp³-hybridized carbons (Fsp3) is 0.750. The first-order chi connectivity index (χ1) is 5.45. The van der Waals surface area contributed by atoms with Crippen LogP contribution in [-0.2, 0) is 0 Å². The lowest BCUT2D eigenvalue weighted by atomic mass is 9.93. The molecule has 0 saturated heterocycles. The van der Waals surface area contributed by atoms with Crippen molar-refractivity contribution in [2.45, 2.75) is 27.2 Å². The van der Waals surface area contributed by atoms with Gasteiger partial charge in [-0.25, -0.2) is 10.2 Å². The van der Waals surface area contributed by atoms with Gasteiger partial charge < -0.3 is 5.32 Å². The number of urea groups is 1. The van der Waals surface area contributed by atoms with Crippen LogP contribution in [0.25, 0.3) is 0 Å². The molecule has 0 unspecified atom stereocenters. The van der Waals surface area contributed by atoms with Crippen LogP contribution in [0.4, 0.5) is 4.79 Å². The molecule has 0 heterocycles. The standard InChI is InChI=1S/C8H17N3O/c1-8(2,3)5-6-10-11-7(12)9-4/h6H,5H2,1-4H3,(H2,9,11,12)/b10-6+. The van der Waals surface area contributed by atoms with E-state index in [0.717, 1.165) is 6.42 Å². The predicted molar refractivity (Wildman–Crippen MR) is 50.2 cm³/mol. The van der Waals surface area contributed by atoms with E-state index < -0.39 is 0 Å². The molecule has 12 heavy (non-hydrogen) atoms. The van der Waals surface area contributed by atoms with Gasteiger partial charge in [0.2, 0.25) is 0 Å². The Morgan fingerprint density at radius 1 is 1.50 bits per heavy atom. The van der Waals surface area contributed by atoms with E-state index in [-0.39, 0.29) is 11.4 Å². The summed E-state index contributed by atoms with van der Waals surface area (Å²) in [5.41, 5.74) is 2.54. The number of rotatable bonds is 2. The highest BCUT2D eigenvalue weighted by molar-refractivity contribution is 5.74. The van der Waals surface area contributed by atoms with Crippen LogP contribution in [-0.4, -0.2) is 19.3 Å². The number of carbonyl (C=O) groups excluding carboxylic acids is 1. The van der Waals surface area contributed by atoms with Crippen molar-refractivity contribution in [3.8, 4) is 0 Å². The van der Waals surface area contributed by atoms with Gasteiger partial charge in [0, 0.05) is 13.3 Å². The van der Waals surface area contributed by atoms with Crippen LogP contribution in [0.2, 0.25) is 0 Å². The lowest BCUT2D eigenvalue weighted by Gasteiger charge is -2.13. The summed E-state index contributed by atoms with van der Waals surface area (Å²) < 4.78 is 0. The molecule has 70 valence electrons. The van der Waals surface area contributed by atoms with E-state index in [1.54, 1.807) is 13.3 Å². The largest absolute Gasteiger partial charge is 0.340 e. The van der Waals surface area contributed by atoms with Crippen LogP contribution in [0, 0.1) is 5.41 Å². The molecule has 0 spiro atoms. The van der Waals surface area contributed by atoms with Gasteiger partial charge in [-0.3, -0.25) is 0 Å². The molecule has 0 bridgehead atoms. The summed E-state index contributed by atoms with van der Waals surface area (Å²) in [6, 6.07) is -0.292. The highest BCUT2D eigenvalue weighted by Crippen LogP contribution is 2.15. The summed E-state index contributed by atoms with van der Waals surface area (Å²) in [7, 11) is 1.55. The molecule has 2 amide bonds. The Labute approximate surface area is 73.4 Å². The van der Waals surface area contributed by atoms with Crippen molar-refractivity contribution in [2.75, 3.05) is 7.05 Å². The van der Waals surface area contributed by atoms with E-state index in [1.807, 2.05) is 0 Å². The van der Waals surface area contributed by atoms with Gasteiger partial charge in [0.15, 0.2) is 0 Å². The number of hydrazone groups is 1. The smallest absolute Gasteiger partial charge is 0.334 e. The van der Waals surface area contributed by atoms with Gasteiger partial charge in [-0.1, -0.05) is 20.8 Å². The molecule has 4 heteroatoms. The fourth-order valence-corrected chi connectivity index (χ4v) is 0.480. The fourth-order valence-electron chi connectivity index (χ4n) is 0.480. The van der Waals surface area contributed by atoms with Crippen molar-refractivity contribution in [1.29, 1.82) is 0 Å². The molecule has 2 N–H and O–H groups in total. The summed E-state index contributed by atoms with van der Waals surface area (Å²) in [6.45, 7) is 6.33. The SMILES string of the molecule is CNC(=O)N/N=C/CC(C)(C)C. The Morgan fingerprint density at radius 3 is 2.50 bits per heavy atom. The second-order valence-electron chi connectivity index (χ2n) is 3.77. The first-order valence-electron chi connectivity index (χ1n) is 3.95. The monoisotopic (exact) mass is 171 g/mol. The minimum absolute atomic E-state index is 0.216. The maximum atomic E-state index is 10.6. The topological polar surface area (TPSA) is 53.5 Å². The molecule has 0 fully saturated rings. The molecule has 0 atom stereocenters. The average Bonchev–Trinajstić information content (AvgIpc) is 1.96. The molecule has 0 aliphatic heterocycles. The second-order valence-corrected chi connectivity index (χ2v) is 3.77. The van der Waals surface area contributed by atoms with E-state index in [1.165, 1.54) is 0 Å². The molecule has 0 aromatic rings. The number of hydrogen-bond acceptors (Lipinski definition) is 2. The molecule has 0 saturated carbocycles. The Bertz CT molecular complexity index is 170. The van der Waals surface area contributed by atoms with E-state index in [0.29, 0.717) is 0 Å². The number of carbonyl (C=O) groups is 1. The Balaban J connectivity index is 3.58. The molecular weight excluding hydrogens is 154 g/mol. The summed E-state index contributed by atoms with van der Waals surface area (Å²) in [5, 5.41) is 6.14. The van der Waals surface area contributed by atoms with Gasteiger partial charge in [-0.05, 0) is 11.8 Å². The van der Waals surface area contributed by atoms with Crippen molar-refractivity contribution in [2.24, 2.45) is 10.5 Å². The third-order valence-electron chi connectivity index (χ3n) is 1.19. The van der Waals surface area contributed by atoms with Gasteiger partial charge in [0.05, 0.1) is 0 Å². The summed E-state index contributed by atoms with van der Waals surface area (Å²) in [5.74, 6) is 0. The molecule has 0 aliphatic carbocycles. The number of nitrogens with zero attached hydrogens (tertiary/aromatic N) is 1. The quantitative estimate of drug-likeness (QED) is 0.478. The maximum Gasteiger partial charge on any atom is 0.334 e. The van der Waals surface area contributed by atoms with Crippen LogP contribution >= 0.6 is 0 Å². The van der Waals surface area contributed by atoms with Gasteiger partial charge >= 0.3 is 6.03 Å². The highest BCUT2D eigenvalue weighted by atomic mass is 16.2. The van der Waals surface area contributed by atoms with Crippen molar-refractivity contribution in [3.63, 3.8) is 0 Å². The molecule has 0 rings (SSSR count). The Morgan fingerprint density at radius 2 is 2.08 bits per heavy atom.